The highest BCUT2D eigenvalue weighted by Crippen LogP contribution is 2.59. The Hall–Kier alpha value is -6.52. The lowest BCUT2D eigenvalue weighted by Gasteiger charge is -2.35. The molecule has 0 aliphatic heterocycles. The van der Waals surface area contributed by atoms with Crippen LogP contribution in [0.2, 0.25) is 0 Å². The molecule has 1 aliphatic rings. The van der Waals surface area contributed by atoms with Crippen LogP contribution in [0.1, 0.15) is 22.3 Å². The second-order valence-electron chi connectivity index (χ2n) is 13.2. The number of para-hydroxylation sites is 2. The Balaban J connectivity index is 1.28. The van der Waals surface area contributed by atoms with Crippen LogP contribution in [-0.2, 0) is 5.41 Å². The summed E-state index contributed by atoms with van der Waals surface area (Å²) in [4.78, 5) is 2.24. The van der Waals surface area contributed by atoms with Gasteiger partial charge in [0.15, 0.2) is 0 Å². The number of fused-ring (bicyclic) bond motifs is 8. The zero-order valence-electron chi connectivity index (χ0n) is 27.4. The van der Waals surface area contributed by atoms with Crippen molar-refractivity contribution in [2.75, 3.05) is 4.90 Å². The molecule has 242 valence electrons. The van der Waals surface area contributed by atoms with Crippen LogP contribution < -0.4 is 4.90 Å². The number of hydrogen-bond donors (Lipinski definition) is 0. The van der Waals surface area contributed by atoms with Crippen molar-refractivity contribution in [1.82, 2.24) is 0 Å². The molecule has 10 rings (SSSR count). The van der Waals surface area contributed by atoms with Gasteiger partial charge >= 0.3 is 0 Å². The smallest absolute Gasteiger partial charge is 0.137 e. The molecule has 9 aromatic rings. The number of furan rings is 1. The third kappa shape index (κ3) is 4.39. The lowest BCUT2D eigenvalue weighted by molar-refractivity contribution is 0.622. The number of anilines is 3. The highest BCUT2D eigenvalue weighted by atomic mass is 19.1. The topological polar surface area (TPSA) is 16.4 Å². The van der Waals surface area contributed by atoms with Crippen molar-refractivity contribution in [3.05, 3.63) is 210 Å². The lowest BCUT2D eigenvalue weighted by Crippen LogP contribution is -2.29. The van der Waals surface area contributed by atoms with Gasteiger partial charge in [0.1, 0.15) is 22.8 Å². The van der Waals surface area contributed by atoms with E-state index in [1.165, 1.54) is 24.3 Å². The molecule has 0 spiro atoms. The Kier molecular flexibility index (Phi) is 6.49. The standard InChI is InChI=1S/C47H29F2NO/c48-33-19-15-31(16-20-33)47(32-17-21-34(49)22-18-32)42-27-14-30-8-4-5-11-38(30)46(42)41-26-24-36(28-43(41)47)50(35-9-2-1-3-10-35)37-23-25-40-39-12-6-7-13-44(39)51-45(40)29-37/h1-29H. The van der Waals surface area contributed by atoms with Gasteiger partial charge in [0.05, 0.1) is 5.41 Å². The first-order chi connectivity index (χ1) is 25.1. The minimum Gasteiger partial charge on any atom is -0.456 e. The molecule has 0 saturated carbocycles. The van der Waals surface area contributed by atoms with E-state index in [0.29, 0.717) is 0 Å². The third-order valence-corrected chi connectivity index (χ3v) is 10.5. The molecule has 8 aromatic carbocycles. The summed E-state index contributed by atoms with van der Waals surface area (Å²) >= 11 is 0. The van der Waals surface area contributed by atoms with Gasteiger partial charge in [-0.25, -0.2) is 8.78 Å². The van der Waals surface area contributed by atoms with Crippen LogP contribution in [0.3, 0.4) is 0 Å². The molecule has 0 atom stereocenters. The van der Waals surface area contributed by atoms with E-state index in [-0.39, 0.29) is 11.6 Å². The van der Waals surface area contributed by atoms with Crippen molar-refractivity contribution in [3.8, 4) is 11.1 Å². The molecular formula is C47H29F2NO. The van der Waals surface area contributed by atoms with Crippen LogP contribution in [0.25, 0.3) is 43.8 Å². The van der Waals surface area contributed by atoms with Crippen molar-refractivity contribution in [2.24, 2.45) is 0 Å². The number of benzene rings is 8. The molecule has 1 aliphatic carbocycles. The number of rotatable bonds is 5. The molecule has 1 heterocycles. The average molecular weight is 662 g/mol. The second kappa shape index (κ2) is 11.3. The van der Waals surface area contributed by atoms with Gasteiger partial charge in [0.2, 0.25) is 0 Å². The Bertz CT molecular complexity index is 2720. The number of halogens is 2. The quantitative estimate of drug-likeness (QED) is 0.183. The molecular weight excluding hydrogens is 633 g/mol. The lowest BCUT2D eigenvalue weighted by atomic mass is 9.67. The van der Waals surface area contributed by atoms with Crippen LogP contribution >= 0.6 is 0 Å². The van der Waals surface area contributed by atoms with Gasteiger partial charge in [-0.1, -0.05) is 103 Å². The Morgan fingerprint density at radius 2 is 1.04 bits per heavy atom. The molecule has 0 bridgehead atoms. The minimum absolute atomic E-state index is 0.310. The maximum absolute atomic E-state index is 14.6. The van der Waals surface area contributed by atoms with Gasteiger partial charge in [-0.2, -0.15) is 0 Å². The first-order valence-corrected chi connectivity index (χ1v) is 17.1. The summed E-state index contributed by atoms with van der Waals surface area (Å²) in [6, 6.07) is 57.7. The highest BCUT2D eigenvalue weighted by molar-refractivity contribution is 6.07. The van der Waals surface area contributed by atoms with Crippen LogP contribution in [-0.4, -0.2) is 0 Å². The fourth-order valence-electron chi connectivity index (χ4n) is 8.29. The van der Waals surface area contributed by atoms with Crippen LogP contribution in [0, 0.1) is 11.6 Å². The maximum Gasteiger partial charge on any atom is 0.137 e. The molecule has 0 saturated heterocycles. The molecule has 51 heavy (non-hydrogen) atoms. The molecule has 1 aromatic heterocycles. The van der Waals surface area contributed by atoms with Gasteiger partial charge in [0.25, 0.3) is 0 Å². The predicted molar refractivity (Wildman–Crippen MR) is 203 cm³/mol. The molecule has 0 radical (unpaired) electrons. The summed E-state index contributed by atoms with van der Waals surface area (Å²) < 4.78 is 35.6. The Morgan fingerprint density at radius 1 is 0.431 bits per heavy atom. The third-order valence-electron chi connectivity index (χ3n) is 10.5. The zero-order chi connectivity index (χ0) is 34.1. The van der Waals surface area contributed by atoms with Gasteiger partial charge < -0.3 is 9.32 Å². The van der Waals surface area contributed by atoms with Crippen molar-refractivity contribution in [3.63, 3.8) is 0 Å². The molecule has 2 nitrogen and oxygen atoms in total. The monoisotopic (exact) mass is 661 g/mol. The summed E-state index contributed by atoms with van der Waals surface area (Å²) in [5, 5.41) is 4.40. The maximum atomic E-state index is 14.6. The van der Waals surface area contributed by atoms with E-state index in [9.17, 15) is 8.78 Å². The number of hydrogen-bond acceptors (Lipinski definition) is 2. The zero-order valence-corrected chi connectivity index (χ0v) is 27.4. The summed E-state index contributed by atoms with van der Waals surface area (Å²) in [7, 11) is 0. The van der Waals surface area contributed by atoms with E-state index >= 15 is 0 Å². The van der Waals surface area contributed by atoms with E-state index in [0.717, 1.165) is 83.2 Å². The van der Waals surface area contributed by atoms with E-state index < -0.39 is 5.41 Å². The summed E-state index contributed by atoms with van der Waals surface area (Å²) in [5.74, 6) is -0.620. The summed E-state index contributed by atoms with van der Waals surface area (Å²) in [6.07, 6.45) is 0. The van der Waals surface area contributed by atoms with E-state index in [1.807, 2.05) is 60.7 Å². The fourth-order valence-corrected chi connectivity index (χ4v) is 8.29. The van der Waals surface area contributed by atoms with E-state index in [1.54, 1.807) is 0 Å². The largest absolute Gasteiger partial charge is 0.456 e. The van der Waals surface area contributed by atoms with Crippen molar-refractivity contribution >= 4 is 49.8 Å². The normalized spacial score (nSPS) is 13.1. The second-order valence-corrected chi connectivity index (χ2v) is 13.2. The van der Waals surface area contributed by atoms with E-state index in [2.05, 4.69) is 95.9 Å². The molecule has 0 amide bonds. The molecule has 0 N–H and O–H groups in total. The molecule has 4 heteroatoms. The molecule has 0 unspecified atom stereocenters. The van der Waals surface area contributed by atoms with Gasteiger partial charge in [0, 0.05) is 33.9 Å². The van der Waals surface area contributed by atoms with Crippen LogP contribution in [0.5, 0.6) is 0 Å². The van der Waals surface area contributed by atoms with Crippen molar-refractivity contribution in [1.29, 1.82) is 0 Å². The predicted octanol–water partition coefficient (Wildman–Crippen LogP) is 12.9. The summed E-state index contributed by atoms with van der Waals surface area (Å²) in [6.45, 7) is 0. The SMILES string of the molecule is Fc1ccc(C2(c3ccc(F)cc3)c3cc(N(c4ccccc4)c4ccc5c(c4)oc4ccccc45)ccc3-c3c2ccc2ccccc32)cc1. The van der Waals surface area contributed by atoms with Gasteiger partial charge in [-0.15, -0.1) is 0 Å². The Labute approximate surface area is 293 Å². The average Bonchev–Trinajstić information content (AvgIpc) is 3.69. The van der Waals surface area contributed by atoms with E-state index in [4.69, 9.17) is 4.42 Å². The summed E-state index contributed by atoms with van der Waals surface area (Å²) in [5.41, 5.74) is 9.79. The fraction of sp³-hybridized carbons (Fsp3) is 0.0213. The van der Waals surface area contributed by atoms with Crippen molar-refractivity contribution < 1.29 is 13.2 Å². The van der Waals surface area contributed by atoms with Crippen LogP contribution in [0.15, 0.2) is 180 Å². The number of nitrogens with zero attached hydrogens (tertiary/aromatic N) is 1. The first-order valence-electron chi connectivity index (χ1n) is 17.1. The van der Waals surface area contributed by atoms with Gasteiger partial charge in [-0.3, -0.25) is 0 Å². The first kappa shape index (κ1) is 29.4. The minimum atomic E-state index is -0.864. The highest BCUT2D eigenvalue weighted by Gasteiger charge is 2.47. The van der Waals surface area contributed by atoms with Crippen LogP contribution in [0.4, 0.5) is 25.8 Å². The van der Waals surface area contributed by atoms with Gasteiger partial charge in [-0.05, 0) is 111 Å². The molecule has 0 fully saturated rings. The van der Waals surface area contributed by atoms with Crippen molar-refractivity contribution in [2.45, 2.75) is 5.41 Å². The Morgan fingerprint density at radius 3 is 1.78 bits per heavy atom.